The zero-order valence-corrected chi connectivity index (χ0v) is 14.1. The number of fused-ring (bicyclic) bond motifs is 1. The van der Waals surface area contributed by atoms with Crippen LogP contribution in [0.3, 0.4) is 0 Å². The third-order valence-corrected chi connectivity index (χ3v) is 4.88. The van der Waals surface area contributed by atoms with Crippen molar-refractivity contribution in [2.24, 2.45) is 5.14 Å². The van der Waals surface area contributed by atoms with Crippen molar-refractivity contribution in [3.63, 3.8) is 0 Å². The zero-order chi connectivity index (χ0) is 16.2. The summed E-state index contributed by atoms with van der Waals surface area (Å²) in [5.41, 5.74) is 4.07. The highest BCUT2D eigenvalue weighted by atomic mass is 35.5. The minimum absolute atomic E-state index is 0.0882. The van der Waals surface area contributed by atoms with Crippen LogP contribution >= 0.6 is 23.5 Å². The van der Waals surface area contributed by atoms with Crippen LogP contribution in [0.25, 0.3) is 0 Å². The molecule has 2 aromatic carbocycles. The van der Waals surface area contributed by atoms with Crippen LogP contribution in [0.4, 0.5) is 5.69 Å². The first-order chi connectivity index (χ1) is 11.2. The van der Waals surface area contributed by atoms with E-state index in [1.165, 1.54) is 23.1 Å². The number of nitrogens with two attached hydrogens (primary N) is 1. The average Bonchev–Trinajstić information content (AvgIpc) is 2.56. The standard InChI is InChI=1S/C17H18ClN3OS/c18-15-4-2-1-3-11(15)8-17(22)21-13-7-12-10-20-6-5-14(12)16(9-13)23-19/h1-4,7,9,20H,5-6,8,10,19H2,(H,21,22). The minimum Gasteiger partial charge on any atom is -0.326 e. The molecule has 0 aliphatic carbocycles. The van der Waals surface area contributed by atoms with E-state index in [2.05, 4.69) is 10.6 Å². The van der Waals surface area contributed by atoms with Gasteiger partial charge < -0.3 is 10.6 Å². The van der Waals surface area contributed by atoms with Crippen LogP contribution in [-0.4, -0.2) is 12.5 Å². The Bertz CT molecular complexity index is 719. The van der Waals surface area contributed by atoms with Gasteiger partial charge in [-0.3, -0.25) is 9.93 Å². The van der Waals surface area contributed by atoms with Gasteiger partial charge in [0, 0.05) is 22.2 Å². The predicted molar refractivity (Wildman–Crippen MR) is 95.7 cm³/mol. The maximum Gasteiger partial charge on any atom is 0.228 e. The molecule has 0 atom stereocenters. The largest absolute Gasteiger partial charge is 0.326 e. The average molecular weight is 348 g/mol. The summed E-state index contributed by atoms with van der Waals surface area (Å²) >= 11 is 7.34. The fourth-order valence-corrected chi connectivity index (χ4v) is 3.55. The topological polar surface area (TPSA) is 67.1 Å². The molecule has 0 bridgehead atoms. The Kier molecular flexibility index (Phi) is 5.23. The first kappa shape index (κ1) is 16.3. The van der Waals surface area contributed by atoms with E-state index in [-0.39, 0.29) is 12.3 Å². The molecule has 1 aliphatic rings. The Morgan fingerprint density at radius 1 is 1.35 bits per heavy atom. The van der Waals surface area contributed by atoms with Crippen LogP contribution in [0.2, 0.25) is 5.02 Å². The summed E-state index contributed by atoms with van der Waals surface area (Å²) in [5, 5.41) is 12.7. The van der Waals surface area contributed by atoms with E-state index >= 15 is 0 Å². The lowest BCUT2D eigenvalue weighted by Gasteiger charge is -2.21. The number of halogens is 1. The van der Waals surface area contributed by atoms with Crippen molar-refractivity contribution in [2.75, 3.05) is 11.9 Å². The first-order valence-electron chi connectivity index (χ1n) is 7.44. The number of amides is 1. The molecule has 1 heterocycles. The van der Waals surface area contributed by atoms with Gasteiger partial charge in [-0.1, -0.05) is 29.8 Å². The maximum absolute atomic E-state index is 12.3. The minimum atomic E-state index is -0.0882. The van der Waals surface area contributed by atoms with Crippen molar-refractivity contribution >= 4 is 35.1 Å². The fraction of sp³-hybridized carbons (Fsp3) is 0.235. The molecular formula is C17H18ClN3OS. The zero-order valence-electron chi connectivity index (χ0n) is 12.6. The van der Waals surface area contributed by atoms with Crippen LogP contribution < -0.4 is 15.8 Å². The summed E-state index contributed by atoms with van der Waals surface area (Å²) < 4.78 is 0. The number of nitrogens with one attached hydrogen (secondary N) is 2. The molecular weight excluding hydrogens is 330 g/mol. The van der Waals surface area contributed by atoms with Crippen molar-refractivity contribution < 1.29 is 4.79 Å². The summed E-state index contributed by atoms with van der Waals surface area (Å²) in [5.74, 6) is -0.0882. The highest BCUT2D eigenvalue weighted by Crippen LogP contribution is 2.29. The molecule has 1 aliphatic heterocycles. The third kappa shape index (κ3) is 3.87. The lowest BCUT2D eigenvalue weighted by atomic mass is 10.00. The van der Waals surface area contributed by atoms with Crippen molar-refractivity contribution in [2.45, 2.75) is 24.3 Å². The van der Waals surface area contributed by atoms with E-state index in [0.717, 1.165) is 35.7 Å². The van der Waals surface area contributed by atoms with E-state index in [1.54, 1.807) is 6.07 Å². The Hall–Kier alpha value is -1.53. The molecule has 0 spiro atoms. The molecule has 120 valence electrons. The summed E-state index contributed by atoms with van der Waals surface area (Å²) in [6.45, 7) is 1.76. The van der Waals surface area contributed by atoms with Gasteiger partial charge in [0.05, 0.1) is 6.42 Å². The number of rotatable bonds is 4. The molecule has 0 saturated heterocycles. The predicted octanol–water partition coefficient (Wildman–Crippen LogP) is 3.13. The van der Waals surface area contributed by atoms with E-state index in [1.807, 2.05) is 30.3 Å². The molecule has 0 aromatic heterocycles. The van der Waals surface area contributed by atoms with Crippen LogP contribution in [-0.2, 0) is 24.2 Å². The summed E-state index contributed by atoms with van der Waals surface area (Å²) in [6, 6.07) is 11.3. The molecule has 1 amide bonds. The van der Waals surface area contributed by atoms with Crippen LogP contribution in [0.1, 0.15) is 16.7 Å². The van der Waals surface area contributed by atoms with Gasteiger partial charge >= 0.3 is 0 Å². The van der Waals surface area contributed by atoms with Gasteiger partial charge in [0.15, 0.2) is 0 Å². The molecule has 4 N–H and O–H groups in total. The highest BCUT2D eigenvalue weighted by molar-refractivity contribution is 7.97. The number of anilines is 1. The van der Waals surface area contributed by atoms with Crippen LogP contribution in [0.5, 0.6) is 0 Å². The SMILES string of the molecule is NSc1cc(NC(=O)Cc2ccccc2Cl)cc2c1CCNC2. The lowest BCUT2D eigenvalue weighted by Crippen LogP contribution is -2.25. The molecule has 0 saturated carbocycles. The molecule has 0 radical (unpaired) electrons. The Morgan fingerprint density at radius 3 is 2.96 bits per heavy atom. The van der Waals surface area contributed by atoms with E-state index < -0.39 is 0 Å². The normalized spacial score (nSPS) is 13.5. The van der Waals surface area contributed by atoms with Crippen molar-refractivity contribution in [3.8, 4) is 0 Å². The smallest absolute Gasteiger partial charge is 0.228 e. The van der Waals surface area contributed by atoms with Crippen LogP contribution in [0, 0.1) is 0 Å². The van der Waals surface area contributed by atoms with E-state index in [4.69, 9.17) is 16.7 Å². The van der Waals surface area contributed by atoms with Gasteiger partial charge in [0.25, 0.3) is 0 Å². The van der Waals surface area contributed by atoms with Crippen molar-refractivity contribution in [1.29, 1.82) is 0 Å². The summed E-state index contributed by atoms with van der Waals surface area (Å²) in [7, 11) is 0. The first-order valence-corrected chi connectivity index (χ1v) is 8.69. The summed E-state index contributed by atoms with van der Waals surface area (Å²) in [4.78, 5) is 13.3. The molecule has 2 aromatic rings. The Labute approximate surface area is 144 Å². The highest BCUT2D eigenvalue weighted by Gasteiger charge is 2.15. The molecule has 23 heavy (non-hydrogen) atoms. The van der Waals surface area contributed by atoms with Gasteiger partial charge in [0.2, 0.25) is 5.91 Å². The van der Waals surface area contributed by atoms with Crippen molar-refractivity contribution in [1.82, 2.24) is 5.32 Å². The fourth-order valence-electron chi connectivity index (χ4n) is 2.78. The number of carbonyl (C=O) groups is 1. The monoisotopic (exact) mass is 347 g/mol. The van der Waals surface area contributed by atoms with Gasteiger partial charge in [-0.25, -0.2) is 0 Å². The Morgan fingerprint density at radius 2 is 2.17 bits per heavy atom. The maximum atomic E-state index is 12.3. The van der Waals surface area contributed by atoms with E-state index in [0.29, 0.717) is 5.02 Å². The third-order valence-electron chi connectivity index (χ3n) is 3.89. The molecule has 4 nitrogen and oxygen atoms in total. The quantitative estimate of drug-likeness (QED) is 0.743. The lowest BCUT2D eigenvalue weighted by molar-refractivity contribution is -0.115. The Balaban J connectivity index is 1.77. The molecule has 3 rings (SSSR count). The van der Waals surface area contributed by atoms with E-state index in [9.17, 15) is 4.79 Å². The molecule has 0 fully saturated rings. The van der Waals surface area contributed by atoms with Gasteiger partial charge in [-0.05, 0) is 59.8 Å². The second-order valence-electron chi connectivity index (χ2n) is 5.47. The number of hydrogen-bond acceptors (Lipinski definition) is 4. The number of carbonyl (C=O) groups excluding carboxylic acids is 1. The summed E-state index contributed by atoms with van der Waals surface area (Å²) in [6.07, 6.45) is 1.21. The number of hydrogen-bond donors (Lipinski definition) is 3. The molecule has 6 heteroatoms. The van der Waals surface area contributed by atoms with Gasteiger partial charge in [-0.15, -0.1) is 0 Å². The van der Waals surface area contributed by atoms with Gasteiger partial charge in [-0.2, -0.15) is 0 Å². The van der Waals surface area contributed by atoms with Crippen LogP contribution in [0.15, 0.2) is 41.3 Å². The van der Waals surface area contributed by atoms with Crippen molar-refractivity contribution in [3.05, 3.63) is 58.1 Å². The second-order valence-corrected chi connectivity index (χ2v) is 6.56. The van der Waals surface area contributed by atoms with Gasteiger partial charge in [0.1, 0.15) is 0 Å². The molecule has 0 unspecified atom stereocenters. The number of benzene rings is 2. The second kappa shape index (κ2) is 7.36.